The second kappa shape index (κ2) is 7.62. The Morgan fingerprint density at radius 3 is 2.14 bits per heavy atom. The number of benzene rings is 2. The molecule has 3 heteroatoms. The first-order valence-electron chi connectivity index (χ1n) is 7.30. The number of anilines is 1. The van der Waals surface area contributed by atoms with Crippen molar-refractivity contribution in [2.24, 2.45) is 5.92 Å². The minimum Gasteiger partial charge on any atom is -0.394 e. The van der Waals surface area contributed by atoms with Gasteiger partial charge in [-0.05, 0) is 35.7 Å². The summed E-state index contributed by atoms with van der Waals surface area (Å²) in [6.07, 6.45) is 0. The molecule has 0 bridgehead atoms. The fraction of sp³-hybridized carbons (Fsp3) is 0.333. The van der Waals surface area contributed by atoms with Gasteiger partial charge in [-0.2, -0.15) is 0 Å². The van der Waals surface area contributed by atoms with Crippen LogP contribution in [0.4, 0.5) is 5.69 Å². The summed E-state index contributed by atoms with van der Waals surface area (Å²) in [5.41, 5.74) is 2.28. The average molecular weight is 348 g/mol. The molecule has 2 rings (SSSR count). The van der Waals surface area contributed by atoms with Crippen LogP contribution in [0.15, 0.2) is 59.1 Å². The van der Waals surface area contributed by atoms with Crippen molar-refractivity contribution in [3.8, 4) is 0 Å². The van der Waals surface area contributed by atoms with E-state index in [1.54, 1.807) is 0 Å². The highest BCUT2D eigenvalue weighted by Gasteiger charge is 2.21. The molecule has 2 nitrogen and oxygen atoms in total. The number of rotatable bonds is 6. The number of hydrogen-bond donors (Lipinski definition) is 1. The highest BCUT2D eigenvalue weighted by molar-refractivity contribution is 9.10. The number of halogens is 1. The lowest BCUT2D eigenvalue weighted by molar-refractivity contribution is 0.258. The van der Waals surface area contributed by atoms with Crippen LogP contribution < -0.4 is 4.90 Å². The van der Waals surface area contributed by atoms with Crippen molar-refractivity contribution in [3.05, 3.63) is 64.6 Å². The van der Waals surface area contributed by atoms with E-state index in [-0.39, 0.29) is 12.6 Å². The van der Waals surface area contributed by atoms with Gasteiger partial charge in [-0.3, -0.25) is 0 Å². The number of aliphatic hydroxyl groups is 1. The number of nitrogens with zero attached hydrogens (tertiary/aromatic N) is 1. The fourth-order valence-electron chi connectivity index (χ4n) is 2.49. The van der Waals surface area contributed by atoms with Crippen LogP contribution in [0.25, 0.3) is 0 Å². The summed E-state index contributed by atoms with van der Waals surface area (Å²) in [5, 5.41) is 9.94. The van der Waals surface area contributed by atoms with Gasteiger partial charge in [0, 0.05) is 16.7 Å². The predicted molar refractivity (Wildman–Crippen MR) is 92.6 cm³/mol. The Kier molecular flexibility index (Phi) is 5.83. The van der Waals surface area contributed by atoms with Crippen molar-refractivity contribution in [2.75, 3.05) is 18.1 Å². The van der Waals surface area contributed by atoms with Crippen molar-refractivity contribution in [3.63, 3.8) is 0 Å². The minimum absolute atomic E-state index is 0.0251. The number of hydrogen-bond acceptors (Lipinski definition) is 2. The highest BCUT2D eigenvalue weighted by Crippen LogP contribution is 2.28. The van der Waals surface area contributed by atoms with Gasteiger partial charge in [0.1, 0.15) is 0 Å². The van der Waals surface area contributed by atoms with E-state index in [2.05, 4.69) is 58.9 Å². The lowest BCUT2D eigenvalue weighted by atomic mass is 10.0. The summed E-state index contributed by atoms with van der Waals surface area (Å²) in [7, 11) is 0. The van der Waals surface area contributed by atoms with Gasteiger partial charge in [0.05, 0.1) is 12.6 Å². The topological polar surface area (TPSA) is 23.5 Å². The lowest BCUT2D eigenvalue weighted by Crippen LogP contribution is -2.34. The van der Waals surface area contributed by atoms with E-state index < -0.39 is 0 Å². The Balaban J connectivity index is 2.35. The van der Waals surface area contributed by atoms with E-state index in [4.69, 9.17) is 0 Å². The smallest absolute Gasteiger partial charge is 0.0773 e. The van der Waals surface area contributed by atoms with Gasteiger partial charge in [0.2, 0.25) is 0 Å². The fourth-order valence-corrected chi connectivity index (χ4v) is 2.76. The molecule has 0 aromatic heterocycles. The second-order valence-electron chi connectivity index (χ2n) is 5.63. The zero-order valence-corrected chi connectivity index (χ0v) is 14.1. The second-order valence-corrected chi connectivity index (χ2v) is 6.55. The summed E-state index contributed by atoms with van der Waals surface area (Å²) in [6, 6.07) is 18.5. The molecular weight excluding hydrogens is 326 g/mol. The molecule has 0 amide bonds. The van der Waals surface area contributed by atoms with Gasteiger partial charge >= 0.3 is 0 Å². The number of aliphatic hydroxyl groups excluding tert-OH is 1. The molecular formula is C18H22BrNO. The van der Waals surface area contributed by atoms with Crippen LogP contribution in [0.2, 0.25) is 0 Å². The van der Waals surface area contributed by atoms with Gasteiger partial charge in [0.15, 0.2) is 0 Å². The van der Waals surface area contributed by atoms with Gasteiger partial charge in [0.25, 0.3) is 0 Å². The first-order chi connectivity index (χ1) is 10.1. The maximum absolute atomic E-state index is 9.94. The van der Waals surface area contributed by atoms with E-state index >= 15 is 0 Å². The standard InChI is InChI=1S/C18H22BrNO/c1-14(2)12-20(17-6-4-3-5-7-17)18(13-21)15-8-10-16(19)11-9-15/h3-11,14,18,21H,12-13H2,1-2H3. The summed E-state index contributed by atoms with van der Waals surface area (Å²) in [5.74, 6) is 0.523. The van der Waals surface area contributed by atoms with Crippen LogP contribution in [0.5, 0.6) is 0 Å². The monoisotopic (exact) mass is 347 g/mol. The quantitative estimate of drug-likeness (QED) is 0.822. The van der Waals surface area contributed by atoms with E-state index in [9.17, 15) is 5.11 Å². The first kappa shape index (κ1) is 16.1. The van der Waals surface area contributed by atoms with Crippen LogP contribution in [-0.2, 0) is 0 Å². The van der Waals surface area contributed by atoms with Crippen LogP contribution in [0.3, 0.4) is 0 Å². The summed E-state index contributed by atoms with van der Waals surface area (Å²) in [4.78, 5) is 2.29. The zero-order valence-electron chi connectivity index (χ0n) is 12.5. The lowest BCUT2D eigenvalue weighted by Gasteiger charge is -2.34. The van der Waals surface area contributed by atoms with Gasteiger partial charge in [-0.1, -0.05) is 60.1 Å². The van der Waals surface area contributed by atoms with E-state index in [1.165, 1.54) is 0 Å². The molecule has 0 aliphatic heterocycles. The number of para-hydroxylation sites is 1. The molecule has 0 radical (unpaired) electrons. The van der Waals surface area contributed by atoms with E-state index in [0.717, 1.165) is 22.3 Å². The van der Waals surface area contributed by atoms with E-state index in [0.29, 0.717) is 5.92 Å². The van der Waals surface area contributed by atoms with Gasteiger partial charge < -0.3 is 10.0 Å². The molecule has 2 aromatic carbocycles. The average Bonchev–Trinajstić information content (AvgIpc) is 2.49. The third-order valence-electron chi connectivity index (χ3n) is 3.45. The van der Waals surface area contributed by atoms with Crippen molar-refractivity contribution >= 4 is 21.6 Å². The molecule has 1 N–H and O–H groups in total. The summed E-state index contributed by atoms with van der Waals surface area (Å²) < 4.78 is 1.05. The molecule has 0 aliphatic rings. The molecule has 1 unspecified atom stereocenters. The highest BCUT2D eigenvalue weighted by atomic mass is 79.9. The molecule has 0 saturated carbocycles. The van der Waals surface area contributed by atoms with Crippen molar-refractivity contribution in [2.45, 2.75) is 19.9 Å². The molecule has 21 heavy (non-hydrogen) atoms. The zero-order chi connectivity index (χ0) is 15.2. The van der Waals surface area contributed by atoms with Crippen molar-refractivity contribution in [1.82, 2.24) is 0 Å². The van der Waals surface area contributed by atoms with Crippen molar-refractivity contribution < 1.29 is 5.11 Å². The Morgan fingerprint density at radius 1 is 1.00 bits per heavy atom. The molecule has 0 spiro atoms. The third kappa shape index (κ3) is 4.32. The normalized spacial score (nSPS) is 12.4. The molecule has 112 valence electrons. The van der Waals surface area contributed by atoms with Gasteiger partial charge in [-0.25, -0.2) is 0 Å². The maximum atomic E-state index is 9.94. The van der Waals surface area contributed by atoms with E-state index in [1.807, 2.05) is 30.3 Å². The summed E-state index contributed by atoms with van der Waals surface area (Å²) in [6.45, 7) is 5.41. The molecule has 1 atom stereocenters. The Labute approximate surface area is 135 Å². The molecule has 0 saturated heterocycles. The molecule has 2 aromatic rings. The Morgan fingerprint density at radius 2 is 1.62 bits per heavy atom. The Bertz CT molecular complexity index is 539. The minimum atomic E-state index is -0.0251. The predicted octanol–water partition coefficient (Wildman–Crippen LogP) is 4.65. The van der Waals surface area contributed by atoms with Crippen LogP contribution in [0, 0.1) is 5.92 Å². The maximum Gasteiger partial charge on any atom is 0.0773 e. The summed E-state index contributed by atoms with van der Waals surface area (Å²) >= 11 is 3.46. The van der Waals surface area contributed by atoms with Gasteiger partial charge in [-0.15, -0.1) is 0 Å². The Hall–Kier alpha value is -1.32. The first-order valence-corrected chi connectivity index (χ1v) is 8.09. The van der Waals surface area contributed by atoms with Crippen LogP contribution >= 0.6 is 15.9 Å². The third-order valence-corrected chi connectivity index (χ3v) is 3.98. The largest absolute Gasteiger partial charge is 0.394 e. The van der Waals surface area contributed by atoms with Crippen molar-refractivity contribution in [1.29, 1.82) is 0 Å². The van der Waals surface area contributed by atoms with Crippen LogP contribution in [-0.4, -0.2) is 18.3 Å². The SMILES string of the molecule is CC(C)CN(c1ccccc1)C(CO)c1ccc(Br)cc1. The van der Waals surface area contributed by atoms with Crippen LogP contribution in [0.1, 0.15) is 25.5 Å². The molecule has 0 fully saturated rings. The molecule has 0 heterocycles. The molecule has 0 aliphatic carbocycles.